The van der Waals surface area contributed by atoms with E-state index < -0.39 is 10.0 Å². The van der Waals surface area contributed by atoms with Gasteiger partial charge in [0.15, 0.2) is 0 Å². The molecule has 1 heterocycles. The van der Waals surface area contributed by atoms with Crippen LogP contribution in [0.3, 0.4) is 0 Å². The Labute approximate surface area is 208 Å². The molecule has 3 N–H and O–H groups in total. The van der Waals surface area contributed by atoms with E-state index in [0.29, 0.717) is 5.92 Å². The number of likely N-dealkylation sites (tertiary alicyclic amines) is 1. The summed E-state index contributed by atoms with van der Waals surface area (Å²) in [5.41, 5.74) is 3.45. The highest BCUT2D eigenvalue weighted by Crippen LogP contribution is 2.28. The third-order valence-corrected chi connectivity index (χ3v) is 7.64. The lowest BCUT2D eigenvalue weighted by atomic mass is 9.88. The van der Waals surface area contributed by atoms with Crippen LogP contribution in [-0.2, 0) is 21.2 Å². The molecule has 1 aliphatic rings. The van der Waals surface area contributed by atoms with Gasteiger partial charge in [0.05, 0.1) is 11.3 Å². The average Bonchev–Trinajstić information content (AvgIpc) is 2.86. The van der Waals surface area contributed by atoms with Gasteiger partial charge >= 0.3 is 0 Å². The summed E-state index contributed by atoms with van der Waals surface area (Å²) in [5, 5.41) is 8.27. The zero-order valence-corrected chi connectivity index (χ0v) is 20.7. The molecular weight excluding hydrogens is 458 g/mol. The van der Waals surface area contributed by atoms with Gasteiger partial charge < -0.3 is 10.2 Å². The number of nitrogens with two attached hydrogens (primary N) is 1. The quantitative estimate of drug-likeness (QED) is 0.478. The van der Waals surface area contributed by atoms with Gasteiger partial charge in [0.2, 0.25) is 15.9 Å². The molecule has 3 aromatic rings. The first-order chi connectivity index (χ1) is 16.9. The first-order valence-corrected chi connectivity index (χ1v) is 13.7. The van der Waals surface area contributed by atoms with E-state index in [9.17, 15) is 13.2 Å². The molecule has 1 aliphatic heterocycles. The molecule has 3 aromatic carbocycles. The van der Waals surface area contributed by atoms with Crippen LogP contribution < -0.4 is 10.5 Å². The smallest absolute Gasteiger partial charge is 0.238 e. The van der Waals surface area contributed by atoms with Gasteiger partial charge in [0, 0.05) is 25.0 Å². The van der Waals surface area contributed by atoms with Gasteiger partial charge in [0.1, 0.15) is 0 Å². The van der Waals surface area contributed by atoms with Gasteiger partial charge in [-0.3, -0.25) is 4.79 Å². The van der Waals surface area contributed by atoms with E-state index in [1.54, 1.807) is 12.1 Å². The molecule has 0 aliphatic carbocycles. The lowest BCUT2D eigenvalue weighted by Crippen LogP contribution is -2.45. The minimum Gasteiger partial charge on any atom is -0.353 e. The topological polar surface area (TPSA) is 92.5 Å². The minimum absolute atomic E-state index is 0.0416. The summed E-state index contributed by atoms with van der Waals surface area (Å²) in [5.74, 6) is 0.329. The number of hydrogen-bond donors (Lipinski definition) is 2. The number of carbonyl (C=O) groups is 1. The van der Waals surface area contributed by atoms with E-state index in [1.165, 1.54) is 23.3 Å². The molecule has 0 saturated carbocycles. The summed E-state index contributed by atoms with van der Waals surface area (Å²) >= 11 is 0. The Morgan fingerprint density at radius 2 is 1.43 bits per heavy atom. The number of piperidine rings is 1. The number of sulfonamides is 1. The first-order valence-electron chi connectivity index (χ1n) is 12.1. The van der Waals surface area contributed by atoms with Crippen LogP contribution in [0.1, 0.15) is 41.9 Å². The number of amides is 1. The second-order valence-electron chi connectivity index (χ2n) is 9.21. The van der Waals surface area contributed by atoms with Gasteiger partial charge in [-0.15, -0.1) is 0 Å². The Bertz CT molecular complexity index is 1150. The molecule has 0 atom stereocenters. The molecule has 0 aromatic heterocycles. The second kappa shape index (κ2) is 11.6. The summed E-state index contributed by atoms with van der Waals surface area (Å²) in [4.78, 5) is 15.1. The zero-order chi connectivity index (χ0) is 24.7. The predicted octanol–water partition coefficient (Wildman–Crippen LogP) is 3.68. The second-order valence-corrected chi connectivity index (χ2v) is 10.8. The van der Waals surface area contributed by atoms with Gasteiger partial charge in [-0.1, -0.05) is 72.8 Å². The minimum atomic E-state index is -3.72. The molecule has 6 nitrogen and oxygen atoms in total. The number of nitrogens with one attached hydrogen (secondary N) is 1. The van der Waals surface area contributed by atoms with Crippen molar-refractivity contribution in [2.24, 2.45) is 5.14 Å². The molecule has 0 spiro atoms. The van der Waals surface area contributed by atoms with E-state index in [2.05, 4.69) is 70.9 Å². The molecule has 0 bridgehead atoms. The standard InChI is InChI=1S/C28H33N3O3S/c29-35(33,34)26-13-11-22(12-14-26)21-28(32)30-25-15-18-31(19-16-25)20-17-27(23-7-3-1-4-8-23)24-9-5-2-6-10-24/h1-14,25,27H,15-21H2,(H,30,32)(H2,29,33,34). The Morgan fingerprint density at radius 3 is 1.94 bits per heavy atom. The van der Waals surface area contributed by atoms with E-state index in [0.717, 1.165) is 44.5 Å². The van der Waals surface area contributed by atoms with Crippen LogP contribution in [0.25, 0.3) is 0 Å². The Balaban J connectivity index is 1.25. The average molecular weight is 492 g/mol. The Morgan fingerprint density at radius 1 is 0.886 bits per heavy atom. The number of rotatable bonds is 9. The van der Waals surface area contributed by atoms with Crippen LogP contribution in [0, 0.1) is 0 Å². The van der Waals surface area contributed by atoms with Crippen molar-refractivity contribution in [3.8, 4) is 0 Å². The SMILES string of the molecule is NS(=O)(=O)c1ccc(CC(=O)NC2CCN(CCC(c3ccccc3)c3ccccc3)CC2)cc1. The van der Waals surface area contributed by atoms with Crippen LogP contribution in [-0.4, -0.2) is 44.9 Å². The summed E-state index contributed by atoms with van der Waals surface area (Å²) in [6.07, 6.45) is 3.13. The summed E-state index contributed by atoms with van der Waals surface area (Å²) in [6, 6.07) is 27.7. The van der Waals surface area contributed by atoms with E-state index in [1.807, 2.05) is 0 Å². The molecule has 4 rings (SSSR count). The van der Waals surface area contributed by atoms with Crippen LogP contribution in [0.15, 0.2) is 89.8 Å². The van der Waals surface area contributed by atoms with Crippen molar-refractivity contribution in [2.45, 2.75) is 42.5 Å². The fraction of sp³-hybridized carbons (Fsp3) is 0.321. The summed E-state index contributed by atoms with van der Waals surface area (Å²) in [7, 11) is -3.72. The van der Waals surface area contributed by atoms with Crippen molar-refractivity contribution in [1.29, 1.82) is 0 Å². The maximum absolute atomic E-state index is 12.5. The number of hydrogen-bond acceptors (Lipinski definition) is 4. The van der Waals surface area contributed by atoms with E-state index >= 15 is 0 Å². The molecule has 1 saturated heterocycles. The highest BCUT2D eigenvalue weighted by molar-refractivity contribution is 7.89. The molecule has 1 fully saturated rings. The Hall–Kier alpha value is -3.00. The first kappa shape index (κ1) is 25.1. The van der Waals surface area contributed by atoms with Gasteiger partial charge in [-0.25, -0.2) is 13.6 Å². The molecule has 184 valence electrons. The summed E-state index contributed by atoms with van der Waals surface area (Å²) < 4.78 is 22.8. The van der Waals surface area contributed by atoms with Crippen molar-refractivity contribution in [3.05, 3.63) is 102 Å². The van der Waals surface area contributed by atoms with Crippen LogP contribution >= 0.6 is 0 Å². The molecule has 7 heteroatoms. The highest BCUT2D eigenvalue weighted by atomic mass is 32.2. The van der Waals surface area contributed by atoms with Crippen molar-refractivity contribution in [1.82, 2.24) is 10.2 Å². The fourth-order valence-electron chi connectivity index (χ4n) is 4.77. The van der Waals surface area contributed by atoms with Gasteiger partial charge in [0.25, 0.3) is 0 Å². The lowest BCUT2D eigenvalue weighted by molar-refractivity contribution is -0.121. The lowest BCUT2D eigenvalue weighted by Gasteiger charge is -2.33. The van der Waals surface area contributed by atoms with Crippen LogP contribution in [0.4, 0.5) is 0 Å². The summed E-state index contributed by atoms with van der Waals surface area (Å²) in [6.45, 7) is 2.94. The van der Waals surface area contributed by atoms with Crippen molar-refractivity contribution in [3.63, 3.8) is 0 Å². The third-order valence-electron chi connectivity index (χ3n) is 6.71. The molecule has 0 unspecified atom stereocenters. The molecule has 0 radical (unpaired) electrons. The fourth-order valence-corrected chi connectivity index (χ4v) is 5.29. The van der Waals surface area contributed by atoms with Gasteiger partial charge in [-0.05, 0) is 54.6 Å². The monoisotopic (exact) mass is 491 g/mol. The maximum Gasteiger partial charge on any atom is 0.238 e. The van der Waals surface area contributed by atoms with Crippen molar-refractivity contribution in [2.75, 3.05) is 19.6 Å². The van der Waals surface area contributed by atoms with Crippen LogP contribution in [0.2, 0.25) is 0 Å². The normalized spacial score (nSPS) is 15.3. The number of nitrogens with zero attached hydrogens (tertiary/aromatic N) is 1. The molecular formula is C28H33N3O3S. The molecule has 35 heavy (non-hydrogen) atoms. The van der Waals surface area contributed by atoms with Crippen molar-refractivity contribution < 1.29 is 13.2 Å². The number of benzene rings is 3. The number of primary sulfonamides is 1. The molecule has 1 amide bonds. The van der Waals surface area contributed by atoms with E-state index in [-0.39, 0.29) is 23.3 Å². The van der Waals surface area contributed by atoms with Crippen LogP contribution in [0.5, 0.6) is 0 Å². The zero-order valence-electron chi connectivity index (χ0n) is 19.8. The Kier molecular flexibility index (Phi) is 8.33. The third kappa shape index (κ3) is 7.24. The maximum atomic E-state index is 12.5. The number of carbonyl (C=O) groups excluding carboxylic acids is 1. The predicted molar refractivity (Wildman–Crippen MR) is 138 cm³/mol. The largest absolute Gasteiger partial charge is 0.353 e. The van der Waals surface area contributed by atoms with E-state index in [4.69, 9.17) is 5.14 Å². The van der Waals surface area contributed by atoms with Gasteiger partial charge in [-0.2, -0.15) is 0 Å². The van der Waals surface area contributed by atoms with Crippen molar-refractivity contribution >= 4 is 15.9 Å². The highest BCUT2D eigenvalue weighted by Gasteiger charge is 2.22.